The highest BCUT2D eigenvalue weighted by molar-refractivity contribution is 8.01. The van der Waals surface area contributed by atoms with Gasteiger partial charge in [0.15, 0.2) is 4.34 Å². The maximum absolute atomic E-state index is 12.6. The molecule has 0 radical (unpaired) electrons. The van der Waals surface area contributed by atoms with Crippen LogP contribution in [0.5, 0.6) is 0 Å². The fourth-order valence-corrected chi connectivity index (χ4v) is 6.02. The van der Waals surface area contributed by atoms with Crippen LogP contribution in [0, 0.1) is 0 Å². The van der Waals surface area contributed by atoms with Crippen molar-refractivity contribution in [2.45, 2.75) is 42.7 Å². The van der Waals surface area contributed by atoms with E-state index in [0.29, 0.717) is 22.3 Å². The van der Waals surface area contributed by atoms with E-state index in [1.807, 2.05) is 48.7 Å². The molecule has 0 bridgehead atoms. The van der Waals surface area contributed by atoms with Crippen molar-refractivity contribution in [1.82, 2.24) is 15.2 Å². The molecule has 0 aliphatic carbocycles. The number of nitrogens with one attached hydrogen (secondary N) is 2. The number of carbonyl (C=O) groups is 1. The highest BCUT2D eigenvalue weighted by atomic mass is 35.5. The van der Waals surface area contributed by atoms with Gasteiger partial charge in [-0.1, -0.05) is 53.2 Å². The van der Waals surface area contributed by atoms with Crippen LogP contribution in [0.1, 0.15) is 25.3 Å². The summed E-state index contributed by atoms with van der Waals surface area (Å²) in [4.78, 5) is 19.7. The number of piperidine rings is 1. The van der Waals surface area contributed by atoms with E-state index in [-0.39, 0.29) is 42.8 Å². The van der Waals surface area contributed by atoms with E-state index >= 15 is 0 Å². The first-order chi connectivity index (χ1) is 17.4. The van der Waals surface area contributed by atoms with Gasteiger partial charge in [0.2, 0.25) is 5.91 Å². The van der Waals surface area contributed by atoms with Gasteiger partial charge in [-0.15, -0.1) is 36.2 Å². The molecule has 3 aromatic rings. The van der Waals surface area contributed by atoms with Crippen molar-refractivity contribution < 1.29 is 4.79 Å². The van der Waals surface area contributed by atoms with E-state index in [1.165, 1.54) is 11.8 Å². The Labute approximate surface area is 255 Å². The molecule has 0 spiro atoms. The van der Waals surface area contributed by atoms with Crippen LogP contribution in [0.3, 0.4) is 0 Å². The second-order valence-corrected chi connectivity index (χ2v) is 12.0. The molecule has 1 aliphatic heterocycles. The lowest BCUT2D eigenvalue weighted by Crippen LogP contribution is -2.44. The number of benzene rings is 2. The zero-order chi connectivity index (χ0) is 25.5. The second kappa shape index (κ2) is 16.1. The number of thioether (sulfide) groups is 1. The van der Waals surface area contributed by atoms with E-state index < -0.39 is 0 Å². The highest BCUT2D eigenvalue weighted by Gasteiger charge is 2.21. The molecule has 12 heteroatoms. The smallest absolute Gasteiger partial charge is 0.230 e. The van der Waals surface area contributed by atoms with Crippen LogP contribution in [-0.4, -0.2) is 53.3 Å². The van der Waals surface area contributed by atoms with Crippen LogP contribution in [0.2, 0.25) is 10.0 Å². The van der Waals surface area contributed by atoms with Gasteiger partial charge in [0.1, 0.15) is 0 Å². The summed E-state index contributed by atoms with van der Waals surface area (Å²) in [6, 6.07) is 14.2. The summed E-state index contributed by atoms with van der Waals surface area (Å²) >= 11 is 15.2. The Hall–Kier alpha value is -1.23. The zero-order valence-corrected chi connectivity index (χ0v) is 25.8. The molecule has 1 atom stereocenters. The minimum Gasteiger partial charge on any atom is -0.383 e. The predicted octanol–water partition coefficient (Wildman–Crippen LogP) is 6.59. The Morgan fingerprint density at radius 2 is 1.95 bits per heavy atom. The molecule has 4 N–H and O–H groups in total. The summed E-state index contributed by atoms with van der Waals surface area (Å²) in [5.41, 5.74) is 9.97. The van der Waals surface area contributed by atoms with Crippen molar-refractivity contribution in [1.29, 1.82) is 0 Å². The summed E-state index contributed by atoms with van der Waals surface area (Å²) in [5.74, 6) is 0.425. The van der Waals surface area contributed by atoms with Crippen molar-refractivity contribution in [3.63, 3.8) is 0 Å². The van der Waals surface area contributed by atoms with E-state index in [1.54, 1.807) is 11.3 Å². The van der Waals surface area contributed by atoms with Crippen molar-refractivity contribution >= 4 is 82.7 Å². The fourth-order valence-electron chi connectivity index (χ4n) is 4.05. The number of hydrogen-bond donors (Lipinski definition) is 3. The minimum atomic E-state index is 0. The van der Waals surface area contributed by atoms with Crippen molar-refractivity contribution in [2.24, 2.45) is 5.73 Å². The maximum atomic E-state index is 12.6. The molecule has 2 aromatic carbocycles. The molecule has 0 unspecified atom stereocenters. The molecule has 1 aliphatic rings. The lowest BCUT2D eigenvalue weighted by atomic mass is 10.0. The maximum Gasteiger partial charge on any atom is 0.230 e. The number of halogens is 4. The minimum absolute atomic E-state index is 0. The van der Waals surface area contributed by atoms with Gasteiger partial charge in [-0.2, -0.15) is 0 Å². The van der Waals surface area contributed by atoms with Gasteiger partial charge >= 0.3 is 0 Å². The second-order valence-electron chi connectivity index (χ2n) is 9.09. The van der Waals surface area contributed by atoms with E-state index in [2.05, 4.69) is 21.6 Å². The summed E-state index contributed by atoms with van der Waals surface area (Å²) in [5, 5.41) is 9.73. The number of carbonyl (C=O) groups excluding carboxylic acids is 1. The monoisotopic (exact) mass is 635 g/mol. The van der Waals surface area contributed by atoms with Crippen LogP contribution >= 0.6 is 71.1 Å². The molecular weight excluding hydrogens is 604 g/mol. The average molecular weight is 638 g/mol. The first-order valence-corrected chi connectivity index (χ1v) is 14.6. The Bertz CT molecular complexity index is 1170. The largest absolute Gasteiger partial charge is 0.383 e. The Kier molecular flexibility index (Phi) is 14.0. The van der Waals surface area contributed by atoms with Crippen LogP contribution in [-0.2, 0) is 11.3 Å². The van der Waals surface area contributed by atoms with Crippen molar-refractivity contribution in [3.8, 4) is 11.3 Å². The van der Waals surface area contributed by atoms with Gasteiger partial charge < -0.3 is 16.4 Å². The van der Waals surface area contributed by atoms with Gasteiger partial charge in [-0.05, 0) is 49.6 Å². The molecule has 6 nitrogen and oxygen atoms in total. The quantitative estimate of drug-likeness (QED) is 0.218. The van der Waals surface area contributed by atoms with Crippen molar-refractivity contribution in [2.75, 3.05) is 30.7 Å². The third-order valence-electron chi connectivity index (χ3n) is 5.94. The van der Waals surface area contributed by atoms with Crippen LogP contribution in [0.4, 0.5) is 5.69 Å². The standard InChI is InChI=1S/C26H31Cl2N5OS2.2ClH/c1-17(29)13-30-21-4-2-3-19(12-21)24-15-35-26(32-24)36-16-25(34)31-20-7-9-33(10-8-20)14-18-5-6-22(27)23(28)11-18;;/h2-6,11-12,15,17,20,30H,7-10,13-14,16,29H2,1H3,(H,31,34);2*1H/t17-;;/m0../s1. The normalized spacial score (nSPS) is 14.7. The van der Waals surface area contributed by atoms with Crippen molar-refractivity contribution in [3.05, 3.63) is 63.5 Å². The molecule has 208 valence electrons. The van der Waals surface area contributed by atoms with Gasteiger partial charge in [0.05, 0.1) is 21.5 Å². The lowest BCUT2D eigenvalue weighted by molar-refractivity contribution is -0.119. The number of nitrogens with zero attached hydrogens (tertiary/aromatic N) is 2. The molecular formula is C26H33Cl4N5OS2. The summed E-state index contributed by atoms with van der Waals surface area (Å²) in [7, 11) is 0. The number of aromatic nitrogens is 1. The molecule has 1 fully saturated rings. The Morgan fingerprint density at radius 3 is 2.66 bits per heavy atom. The third kappa shape index (κ3) is 10.1. The zero-order valence-electron chi connectivity index (χ0n) is 21.0. The molecule has 4 rings (SSSR count). The number of hydrogen-bond acceptors (Lipinski definition) is 7. The Morgan fingerprint density at radius 1 is 1.18 bits per heavy atom. The highest BCUT2D eigenvalue weighted by Crippen LogP contribution is 2.29. The number of likely N-dealkylation sites (tertiary alicyclic amines) is 1. The summed E-state index contributed by atoms with van der Waals surface area (Å²) in [6.07, 6.45) is 1.87. The number of thiazole rings is 1. The predicted molar refractivity (Wildman–Crippen MR) is 168 cm³/mol. The van der Waals surface area contributed by atoms with E-state index in [0.717, 1.165) is 59.3 Å². The van der Waals surface area contributed by atoms with Gasteiger partial charge in [0.25, 0.3) is 0 Å². The SMILES string of the molecule is C[C@H](N)CNc1cccc(-c2csc(SCC(=O)NC3CCN(Cc4ccc(Cl)c(Cl)c4)CC3)n2)c1.Cl.Cl. The van der Waals surface area contributed by atoms with Crippen LogP contribution in [0.25, 0.3) is 11.3 Å². The Balaban J connectivity index is 0.00000253. The first kappa shape index (κ1) is 33.0. The summed E-state index contributed by atoms with van der Waals surface area (Å²) in [6.45, 7) is 5.40. The average Bonchev–Trinajstić information content (AvgIpc) is 3.34. The number of amides is 1. The number of rotatable bonds is 10. The topological polar surface area (TPSA) is 83.3 Å². The molecule has 1 amide bonds. The molecule has 38 heavy (non-hydrogen) atoms. The lowest BCUT2D eigenvalue weighted by Gasteiger charge is -2.32. The van der Waals surface area contributed by atoms with Crippen LogP contribution < -0.4 is 16.4 Å². The van der Waals surface area contributed by atoms with E-state index in [4.69, 9.17) is 33.9 Å². The van der Waals surface area contributed by atoms with E-state index in [9.17, 15) is 4.79 Å². The number of anilines is 1. The van der Waals surface area contributed by atoms with Gasteiger partial charge in [0, 0.05) is 54.9 Å². The van der Waals surface area contributed by atoms with Gasteiger partial charge in [-0.25, -0.2) is 4.98 Å². The molecule has 1 saturated heterocycles. The first-order valence-electron chi connectivity index (χ1n) is 12.0. The fraction of sp³-hybridized carbons (Fsp3) is 0.385. The third-order valence-corrected chi connectivity index (χ3v) is 8.70. The summed E-state index contributed by atoms with van der Waals surface area (Å²) < 4.78 is 0.894. The molecule has 1 aromatic heterocycles. The molecule has 2 heterocycles. The van der Waals surface area contributed by atoms with Crippen LogP contribution in [0.15, 0.2) is 52.2 Å². The van der Waals surface area contributed by atoms with Gasteiger partial charge in [-0.3, -0.25) is 9.69 Å². The molecule has 0 saturated carbocycles. The number of nitrogens with two attached hydrogens (primary N) is 1.